The predicted octanol–water partition coefficient (Wildman–Crippen LogP) is 5.00. The van der Waals surface area contributed by atoms with E-state index in [1.54, 1.807) is 19.9 Å². The van der Waals surface area contributed by atoms with Crippen molar-refractivity contribution >= 4 is 12.3 Å². The Morgan fingerprint density at radius 2 is 1.42 bits per heavy atom. The summed E-state index contributed by atoms with van der Waals surface area (Å²) in [7, 11) is 0. The lowest BCUT2D eigenvalue weighted by atomic mass is 9.94. The number of hydrogen-bond acceptors (Lipinski definition) is 6. The van der Waals surface area contributed by atoms with E-state index in [4.69, 9.17) is 18.9 Å². The first-order chi connectivity index (χ1) is 11.3. The fourth-order valence-corrected chi connectivity index (χ4v) is 2.06. The molecule has 0 radical (unpaired) electrons. The Morgan fingerprint density at radius 1 is 0.875 bits per heavy atom. The van der Waals surface area contributed by atoms with Crippen LogP contribution in [-0.4, -0.2) is 25.5 Å². The molecule has 1 rings (SSSR count). The molecule has 0 atom stereocenters. The van der Waals surface area contributed by atoms with Gasteiger partial charge in [0.15, 0.2) is 11.5 Å². The van der Waals surface area contributed by atoms with Gasteiger partial charge in [-0.1, -0.05) is 33.8 Å². The quantitative estimate of drug-likeness (QED) is 0.537. The smallest absolute Gasteiger partial charge is 0.434 e. The van der Waals surface area contributed by atoms with Gasteiger partial charge in [0.1, 0.15) is 0 Å². The molecule has 134 valence electrons. The molecule has 0 saturated carbocycles. The van der Waals surface area contributed by atoms with Gasteiger partial charge in [-0.15, -0.1) is 0 Å². The van der Waals surface area contributed by atoms with E-state index < -0.39 is 12.3 Å². The summed E-state index contributed by atoms with van der Waals surface area (Å²) >= 11 is 0. The van der Waals surface area contributed by atoms with Crippen molar-refractivity contribution in [3.8, 4) is 11.5 Å². The fourth-order valence-electron chi connectivity index (χ4n) is 2.06. The van der Waals surface area contributed by atoms with Gasteiger partial charge >= 0.3 is 12.3 Å². The summed E-state index contributed by atoms with van der Waals surface area (Å²) in [6.07, 6.45) is -1.69. The summed E-state index contributed by atoms with van der Waals surface area (Å²) in [5.41, 5.74) is 1.72. The third-order valence-corrected chi connectivity index (χ3v) is 3.30. The highest BCUT2D eigenvalue weighted by Gasteiger charge is 2.23. The van der Waals surface area contributed by atoms with Crippen molar-refractivity contribution in [2.75, 3.05) is 13.2 Å². The highest BCUT2D eigenvalue weighted by atomic mass is 16.7. The topological polar surface area (TPSA) is 71.1 Å². The van der Waals surface area contributed by atoms with Crippen LogP contribution in [0.2, 0.25) is 0 Å². The van der Waals surface area contributed by atoms with Crippen LogP contribution in [-0.2, 0) is 9.47 Å². The second-order valence-electron chi connectivity index (χ2n) is 5.82. The third-order valence-electron chi connectivity index (χ3n) is 3.30. The molecule has 1 aromatic rings. The molecule has 0 fully saturated rings. The Labute approximate surface area is 143 Å². The maximum Gasteiger partial charge on any atom is 0.513 e. The van der Waals surface area contributed by atoms with Crippen LogP contribution in [0.3, 0.4) is 0 Å². The number of carbonyl (C=O) groups excluding carboxylic acids is 2. The van der Waals surface area contributed by atoms with E-state index in [2.05, 4.69) is 0 Å². The molecule has 0 saturated heterocycles. The largest absolute Gasteiger partial charge is 0.513 e. The lowest BCUT2D eigenvalue weighted by Gasteiger charge is -2.19. The monoisotopic (exact) mass is 338 g/mol. The molecule has 24 heavy (non-hydrogen) atoms. The molecule has 6 heteroatoms. The number of benzene rings is 1. The van der Waals surface area contributed by atoms with Gasteiger partial charge in [-0.2, -0.15) is 0 Å². The molecular formula is C18H26O6. The second-order valence-corrected chi connectivity index (χ2v) is 5.82. The van der Waals surface area contributed by atoms with Crippen LogP contribution in [0, 0.1) is 0 Å². The zero-order valence-electron chi connectivity index (χ0n) is 15.2. The van der Waals surface area contributed by atoms with E-state index in [-0.39, 0.29) is 36.5 Å². The van der Waals surface area contributed by atoms with Crippen molar-refractivity contribution in [3.05, 3.63) is 23.3 Å². The molecule has 1 aromatic carbocycles. The average Bonchev–Trinajstić information content (AvgIpc) is 2.48. The lowest BCUT2D eigenvalue weighted by molar-refractivity contribution is 0.0935. The molecule has 0 N–H and O–H groups in total. The zero-order chi connectivity index (χ0) is 18.3. The summed E-state index contributed by atoms with van der Waals surface area (Å²) in [4.78, 5) is 23.5. The zero-order valence-corrected chi connectivity index (χ0v) is 15.2. The Kier molecular flexibility index (Phi) is 7.55. The minimum absolute atomic E-state index is 0.0534. The molecule has 0 aliphatic heterocycles. The van der Waals surface area contributed by atoms with Gasteiger partial charge in [0.25, 0.3) is 0 Å². The SMILES string of the molecule is CCOC(=O)Oc1cc(C(C)C)cc(C(C)C)c1OC(=O)OCC. The number of ether oxygens (including phenoxy) is 4. The van der Waals surface area contributed by atoms with Crippen LogP contribution in [0.1, 0.15) is 64.5 Å². The number of hydrogen-bond donors (Lipinski definition) is 0. The maximum absolute atomic E-state index is 11.8. The summed E-state index contributed by atoms with van der Waals surface area (Å²) in [5.74, 6) is 0.596. The third kappa shape index (κ3) is 5.44. The van der Waals surface area contributed by atoms with E-state index in [1.165, 1.54) is 0 Å². The van der Waals surface area contributed by atoms with Crippen LogP contribution in [0.15, 0.2) is 12.1 Å². The first-order valence-electron chi connectivity index (χ1n) is 8.17. The number of rotatable bonds is 6. The minimum atomic E-state index is -0.846. The Balaban J connectivity index is 3.36. The molecule has 0 aromatic heterocycles. The molecule has 0 aliphatic carbocycles. The Bertz CT molecular complexity index is 577. The van der Waals surface area contributed by atoms with Gasteiger partial charge in [0.2, 0.25) is 0 Å². The van der Waals surface area contributed by atoms with E-state index in [0.29, 0.717) is 0 Å². The average molecular weight is 338 g/mol. The molecular weight excluding hydrogens is 312 g/mol. The van der Waals surface area contributed by atoms with E-state index >= 15 is 0 Å². The van der Waals surface area contributed by atoms with Crippen molar-refractivity contribution in [1.29, 1.82) is 0 Å². The van der Waals surface area contributed by atoms with Crippen molar-refractivity contribution in [2.45, 2.75) is 53.4 Å². The molecule has 0 unspecified atom stereocenters. The van der Waals surface area contributed by atoms with Crippen molar-refractivity contribution in [2.24, 2.45) is 0 Å². The highest BCUT2D eigenvalue weighted by Crippen LogP contribution is 2.39. The Morgan fingerprint density at radius 3 is 1.88 bits per heavy atom. The maximum atomic E-state index is 11.8. The summed E-state index contributed by atoms with van der Waals surface area (Å²) in [6, 6.07) is 3.63. The van der Waals surface area contributed by atoms with E-state index in [9.17, 15) is 9.59 Å². The normalized spacial score (nSPS) is 10.7. The predicted molar refractivity (Wildman–Crippen MR) is 89.9 cm³/mol. The highest BCUT2D eigenvalue weighted by molar-refractivity contribution is 5.71. The van der Waals surface area contributed by atoms with Crippen LogP contribution in [0.25, 0.3) is 0 Å². The van der Waals surface area contributed by atoms with Crippen LogP contribution in [0.5, 0.6) is 11.5 Å². The van der Waals surface area contributed by atoms with Gasteiger partial charge in [0, 0.05) is 5.56 Å². The summed E-state index contributed by atoms with van der Waals surface area (Å²) in [6.45, 7) is 11.7. The molecule has 0 amide bonds. The van der Waals surface area contributed by atoms with E-state index in [0.717, 1.165) is 11.1 Å². The molecule has 0 heterocycles. The summed E-state index contributed by atoms with van der Waals surface area (Å²) in [5, 5.41) is 0. The van der Waals surface area contributed by atoms with E-state index in [1.807, 2.05) is 33.8 Å². The van der Waals surface area contributed by atoms with Gasteiger partial charge in [-0.3, -0.25) is 0 Å². The second kappa shape index (κ2) is 9.15. The summed E-state index contributed by atoms with van der Waals surface area (Å²) < 4.78 is 20.2. The van der Waals surface area contributed by atoms with Crippen molar-refractivity contribution < 1.29 is 28.5 Å². The van der Waals surface area contributed by atoms with Gasteiger partial charge < -0.3 is 18.9 Å². The standard InChI is InChI=1S/C18H26O6/c1-7-21-17(19)23-15-10-13(11(3)4)9-14(12(5)6)16(15)24-18(20)22-8-2/h9-12H,7-8H2,1-6H3. The lowest BCUT2D eigenvalue weighted by Crippen LogP contribution is -2.16. The van der Waals surface area contributed by atoms with Gasteiger partial charge in [-0.05, 0) is 37.3 Å². The minimum Gasteiger partial charge on any atom is -0.434 e. The van der Waals surface area contributed by atoms with Crippen molar-refractivity contribution in [3.63, 3.8) is 0 Å². The first kappa shape index (κ1) is 19.8. The fraction of sp³-hybridized carbons (Fsp3) is 0.556. The van der Waals surface area contributed by atoms with Crippen LogP contribution < -0.4 is 9.47 Å². The van der Waals surface area contributed by atoms with Gasteiger partial charge in [-0.25, -0.2) is 9.59 Å². The van der Waals surface area contributed by atoms with Crippen LogP contribution in [0.4, 0.5) is 9.59 Å². The Hall–Kier alpha value is -2.24. The van der Waals surface area contributed by atoms with Crippen molar-refractivity contribution in [1.82, 2.24) is 0 Å². The molecule has 0 bridgehead atoms. The van der Waals surface area contributed by atoms with Gasteiger partial charge in [0.05, 0.1) is 13.2 Å². The molecule has 6 nitrogen and oxygen atoms in total. The first-order valence-corrected chi connectivity index (χ1v) is 8.17. The molecule has 0 spiro atoms. The van der Waals surface area contributed by atoms with Crippen LogP contribution >= 0.6 is 0 Å². The number of carbonyl (C=O) groups is 2. The molecule has 0 aliphatic rings.